The maximum absolute atomic E-state index is 13.4. The lowest BCUT2D eigenvalue weighted by Gasteiger charge is -2.23. The van der Waals surface area contributed by atoms with Crippen molar-refractivity contribution in [3.8, 4) is 0 Å². The zero-order valence-corrected chi connectivity index (χ0v) is 13.8. The lowest BCUT2D eigenvalue weighted by atomic mass is 9.96. The van der Waals surface area contributed by atoms with Crippen molar-refractivity contribution in [1.29, 1.82) is 0 Å². The number of hydrogen-bond donors (Lipinski definition) is 0. The van der Waals surface area contributed by atoms with Crippen LogP contribution in [0.15, 0.2) is 46.2 Å². The van der Waals surface area contributed by atoms with E-state index < -0.39 is 11.2 Å². The molecule has 0 saturated carbocycles. The third kappa shape index (κ3) is 2.99. The zero-order chi connectivity index (χ0) is 16.6. The predicted octanol–water partition coefficient (Wildman–Crippen LogP) is 3.56. The molecule has 0 radical (unpaired) electrons. The quantitative estimate of drug-likeness (QED) is 0.638. The van der Waals surface area contributed by atoms with Crippen molar-refractivity contribution >= 4 is 17.1 Å². The summed E-state index contributed by atoms with van der Waals surface area (Å²) in [5.41, 5.74) is 2.42. The molecule has 0 aromatic heterocycles. The van der Waals surface area contributed by atoms with Gasteiger partial charge in [0.15, 0.2) is 9.79 Å². The molecule has 0 spiro atoms. The second-order valence-corrected chi connectivity index (χ2v) is 6.96. The van der Waals surface area contributed by atoms with E-state index in [1.165, 1.54) is 12.1 Å². The molecule has 5 heteroatoms. The number of carbonyl (C=O) groups is 1. The highest BCUT2D eigenvalue weighted by Crippen LogP contribution is 2.36. The molecular weight excluding hydrogens is 315 g/mol. The smallest absolute Gasteiger partial charge is 0.313 e. The van der Waals surface area contributed by atoms with Crippen LogP contribution in [-0.2, 0) is 27.1 Å². The molecule has 2 aromatic rings. The van der Waals surface area contributed by atoms with Gasteiger partial charge in [-0.25, -0.2) is 4.39 Å². The fourth-order valence-electron chi connectivity index (χ4n) is 2.78. The number of esters is 1. The van der Waals surface area contributed by atoms with Crippen LogP contribution in [0.4, 0.5) is 4.39 Å². The van der Waals surface area contributed by atoms with Crippen LogP contribution in [0, 0.1) is 5.82 Å². The van der Waals surface area contributed by atoms with Gasteiger partial charge in [0.25, 0.3) is 0 Å². The van der Waals surface area contributed by atoms with Crippen molar-refractivity contribution < 1.29 is 18.5 Å². The molecular formula is C18H17FO3S. The van der Waals surface area contributed by atoms with Gasteiger partial charge in [-0.3, -0.25) is 4.79 Å². The van der Waals surface area contributed by atoms with Gasteiger partial charge in [0, 0.05) is 28.7 Å². The summed E-state index contributed by atoms with van der Waals surface area (Å²) >= 11 is -1.32. The number of carbonyl (C=O) groups excluding carboxylic acids is 1. The van der Waals surface area contributed by atoms with E-state index in [-0.39, 0.29) is 17.7 Å². The number of rotatable bonds is 3. The van der Waals surface area contributed by atoms with Gasteiger partial charge in [-0.15, -0.1) is 0 Å². The molecule has 0 N–H and O–H groups in total. The highest BCUT2D eigenvalue weighted by molar-refractivity contribution is 7.91. The highest BCUT2D eigenvalue weighted by Gasteiger charge is 2.30. The van der Waals surface area contributed by atoms with E-state index in [2.05, 4.69) is 0 Å². The van der Waals surface area contributed by atoms with E-state index in [0.717, 1.165) is 21.6 Å². The zero-order valence-electron chi connectivity index (χ0n) is 13.0. The van der Waals surface area contributed by atoms with Crippen LogP contribution in [0.25, 0.3) is 0 Å². The summed E-state index contributed by atoms with van der Waals surface area (Å²) in [5.74, 6) is -1.00. The first-order valence-electron chi connectivity index (χ1n) is 7.51. The monoisotopic (exact) mass is 332 g/mol. The number of halogens is 1. The Balaban J connectivity index is 1.96. The average molecular weight is 332 g/mol. The van der Waals surface area contributed by atoms with E-state index >= 15 is 0 Å². The fraction of sp³-hybridized carbons (Fsp3) is 0.278. The molecule has 1 aliphatic heterocycles. The number of hydrogen-bond acceptors (Lipinski definition) is 3. The number of benzene rings is 2. The van der Waals surface area contributed by atoms with Crippen LogP contribution in [0.1, 0.15) is 36.5 Å². The van der Waals surface area contributed by atoms with E-state index in [1.54, 1.807) is 26.0 Å². The van der Waals surface area contributed by atoms with Crippen LogP contribution >= 0.6 is 0 Å². The molecule has 0 aliphatic carbocycles. The molecule has 2 atom stereocenters. The summed E-state index contributed by atoms with van der Waals surface area (Å²) < 4.78 is 31.1. The molecule has 0 amide bonds. The largest absolute Gasteiger partial charge is 0.606 e. The second kappa shape index (κ2) is 6.34. The van der Waals surface area contributed by atoms with Gasteiger partial charge in [-0.1, -0.05) is 6.07 Å². The Morgan fingerprint density at radius 1 is 1.26 bits per heavy atom. The summed E-state index contributed by atoms with van der Waals surface area (Å²) in [5, 5.41) is 0. The van der Waals surface area contributed by atoms with Crippen LogP contribution < -0.4 is 0 Å². The predicted molar refractivity (Wildman–Crippen MR) is 85.4 cm³/mol. The van der Waals surface area contributed by atoms with E-state index in [0.29, 0.717) is 17.9 Å². The molecule has 2 aromatic carbocycles. The fourth-order valence-corrected chi connectivity index (χ4v) is 4.14. The van der Waals surface area contributed by atoms with E-state index in [9.17, 15) is 13.7 Å². The number of fused-ring (bicyclic) bond motifs is 2. The summed E-state index contributed by atoms with van der Waals surface area (Å²) in [6, 6.07) is 9.83. The topological polar surface area (TPSA) is 49.4 Å². The first-order chi connectivity index (χ1) is 11.0. The Morgan fingerprint density at radius 3 is 2.61 bits per heavy atom. The molecule has 2 unspecified atom stereocenters. The first-order valence-corrected chi connectivity index (χ1v) is 8.66. The second-order valence-electron chi connectivity index (χ2n) is 5.54. The molecule has 1 heterocycles. The van der Waals surface area contributed by atoms with Crippen molar-refractivity contribution in [2.45, 2.75) is 36.0 Å². The minimum atomic E-state index is -1.32. The number of ether oxygens (including phenoxy) is 1. The molecule has 0 fully saturated rings. The summed E-state index contributed by atoms with van der Waals surface area (Å²) in [6.07, 6.45) is 0.511. The highest BCUT2D eigenvalue weighted by atomic mass is 32.2. The summed E-state index contributed by atoms with van der Waals surface area (Å²) in [7, 11) is 0. The molecule has 120 valence electrons. The van der Waals surface area contributed by atoms with Crippen LogP contribution in [0.3, 0.4) is 0 Å². The average Bonchev–Trinajstić information content (AvgIpc) is 2.53. The summed E-state index contributed by atoms with van der Waals surface area (Å²) in [4.78, 5) is 13.3. The molecule has 23 heavy (non-hydrogen) atoms. The third-order valence-electron chi connectivity index (χ3n) is 4.03. The van der Waals surface area contributed by atoms with E-state index in [1.807, 2.05) is 12.1 Å². The van der Waals surface area contributed by atoms with Crippen molar-refractivity contribution in [3.05, 3.63) is 58.9 Å². The lowest BCUT2D eigenvalue weighted by Crippen LogP contribution is -2.17. The molecule has 3 nitrogen and oxygen atoms in total. The van der Waals surface area contributed by atoms with Gasteiger partial charge in [-0.2, -0.15) is 0 Å². The normalized spacial score (nSPS) is 17.1. The maximum atomic E-state index is 13.4. The third-order valence-corrected chi connectivity index (χ3v) is 5.62. The first kappa shape index (κ1) is 16.0. The minimum Gasteiger partial charge on any atom is -0.606 e. The Bertz CT molecular complexity index is 760. The van der Waals surface area contributed by atoms with Gasteiger partial charge in [-0.05, 0) is 49.7 Å². The van der Waals surface area contributed by atoms with Crippen molar-refractivity contribution in [2.75, 3.05) is 6.61 Å². The maximum Gasteiger partial charge on any atom is 0.313 e. The minimum absolute atomic E-state index is 0.282. The SMILES string of the molecule is CCOC(=O)C(C)c1ccc2c(c1)Cc1cc(F)ccc1[S+]2[O-]. The van der Waals surface area contributed by atoms with Crippen LogP contribution in [-0.4, -0.2) is 17.1 Å². The Morgan fingerprint density at radius 2 is 1.91 bits per heavy atom. The summed E-state index contributed by atoms with van der Waals surface area (Å²) in [6.45, 7) is 3.89. The van der Waals surface area contributed by atoms with Gasteiger partial charge in [0.05, 0.1) is 12.5 Å². The molecule has 3 rings (SSSR count). The van der Waals surface area contributed by atoms with Gasteiger partial charge < -0.3 is 9.29 Å². The lowest BCUT2D eigenvalue weighted by molar-refractivity contribution is -0.144. The Kier molecular flexibility index (Phi) is 4.41. The van der Waals surface area contributed by atoms with Crippen molar-refractivity contribution in [3.63, 3.8) is 0 Å². The van der Waals surface area contributed by atoms with Gasteiger partial charge in [0.1, 0.15) is 5.82 Å². The van der Waals surface area contributed by atoms with Crippen LogP contribution in [0.2, 0.25) is 0 Å². The molecule has 1 aliphatic rings. The van der Waals surface area contributed by atoms with E-state index in [4.69, 9.17) is 4.74 Å². The Labute approximate surface area is 137 Å². The molecule has 0 bridgehead atoms. The van der Waals surface area contributed by atoms with Crippen molar-refractivity contribution in [1.82, 2.24) is 0 Å². The Hall–Kier alpha value is -1.85. The van der Waals surface area contributed by atoms with Crippen molar-refractivity contribution in [2.24, 2.45) is 0 Å². The standard InChI is InChI=1S/C18H17FO3S/c1-3-22-18(20)11(2)12-4-6-16-13(8-12)9-14-10-15(19)5-7-17(14)23(16)21/h4-8,10-11H,3,9H2,1-2H3. The van der Waals surface area contributed by atoms with Gasteiger partial charge >= 0.3 is 5.97 Å². The van der Waals surface area contributed by atoms with Gasteiger partial charge in [0.2, 0.25) is 0 Å². The molecule has 0 saturated heterocycles. The van der Waals surface area contributed by atoms with Crippen LogP contribution in [0.5, 0.6) is 0 Å².